The largest absolute Gasteiger partial charge is 0.393 e. The molecule has 1 rings (SSSR count). The van der Waals surface area contributed by atoms with Crippen molar-refractivity contribution in [1.82, 2.24) is 0 Å². The van der Waals surface area contributed by atoms with Crippen molar-refractivity contribution in [3.8, 4) is 0 Å². The Hall–Kier alpha value is -0.0800. The van der Waals surface area contributed by atoms with Crippen molar-refractivity contribution in [3.05, 3.63) is 6.10 Å². The van der Waals surface area contributed by atoms with Crippen LogP contribution in [0.25, 0.3) is 0 Å². The van der Waals surface area contributed by atoms with Crippen LogP contribution in [-0.4, -0.2) is 16.3 Å². The number of hydrogen-bond acceptors (Lipinski definition) is 2. The molecule has 1 radical (unpaired) electrons. The first-order valence-corrected chi connectivity index (χ1v) is 2.94. The topological polar surface area (TPSA) is 40.5 Å². The Labute approximate surface area is 49.1 Å². The summed E-state index contributed by atoms with van der Waals surface area (Å²) < 4.78 is 0. The molecule has 2 unspecified atom stereocenters. The van der Waals surface area contributed by atoms with Gasteiger partial charge in [-0.3, -0.25) is 0 Å². The highest BCUT2D eigenvalue weighted by Gasteiger charge is 2.30. The van der Waals surface area contributed by atoms with Crippen molar-refractivity contribution in [1.29, 1.82) is 0 Å². The average molecular weight is 115 g/mol. The molecule has 0 bridgehead atoms. The molecule has 1 aliphatic carbocycles. The van der Waals surface area contributed by atoms with Crippen LogP contribution in [0.1, 0.15) is 19.8 Å². The van der Waals surface area contributed by atoms with Gasteiger partial charge in [-0.2, -0.15) is 0 Å². The van der Waals surface area contributed by atoms with E-state index in [2.05, 4.69) is 0 Å². The van der Waals surface area contributed by atoms with Crippen LogP contribution in [0.15, 0.2) is 0 Å². The quantitative estimate of drug-likeness (QED) is 0.487. The summed E-state index contributed by atoms with van der Waals surface area (Å²) in [5.74, 6) is 0.00926. The van der Waals surface area contributed by atoms with Crippen molar-refractivity contribution >= 4 is 0 Å². The van der Waals surface area contributed by atoms with E-state index in [1.165, 1.54) is 0 Å². The molecule has 2 heteroatoms. The second-order valence-electron chi connectivity index (χ2n) is 2.39. The lowest BCUT2D eigenvalue weighted by atomic mass is 10.1. The molecule has 0 saturated heterocycles. The SMILES string of the molecule is CC1[C](O)CCC1O. The van der Waals surface area contributed by atoms with Gasteiger partial charge in [0.1, 0.15) is 0 Å². The van der Waals surface area contributed by atoms with Gasteiger partial charge in [0.25, 0.3) is 0 Å². The highest BCUT2D eigenvalue weighted by molar-refractivity contribution is 4.94. The monoisotopic (exact) mass is 115 g/mol. The molecule has 0 aromatic rings. The van der Waals surface area contributed by atoms with Crippen LogP contribution < -0.4 is 0 Å². The molecule has 2 N–H and O–H groups in total. The Morgan fingerprint density at radius 3 is 2.38 bits per heavy atom. The molecule has 1 saturated carbocycles. The number of aliphatic hydroxyl groups excluding tert-OH is 2. The molecule has 8 heavy (non-hydrogen) atoms. The summed E-state index contributed by atoms with van der Waals surface area (Å²) in [7, 11) is 0. The second-order valence-corrected chi connectivity index (χ2v) is 2.39. The van der Waals surface area contributed by atoms with Gasteiger partial charge >= 0.3 is 0 Å². The third-order valence-corrected chi connectivity index (χ3v) is 1.80. The van der Waals surface area contributed by atoms with Crippen molar-refractivity contribution in [2.45, 2.75) is 25.9 Å². The highest BCUT2D eigenvalue weighted by Crippen LogP contribution is 2.30. The second kappa shape index (κ2) is 2.03. The zero-order valence-electron chi connectivity index (χ0n) is 4.96. The van der Waals surface area contributed by atoms with E-state index in [1.54, 1.807) is 0 Å². The maximum atomic E-state index is 8.99. The Bertz CT molecular complexity index is 72.6. The first-order valence-electron chi connectivity index (χ1n) is 2.94. The molecule has 0 aromatic heterocycles. The third-order valence-electron chi connectivity index (χ3n) is 1.80. The average Bonchev–Trinajstić information content (AvgIpc) is 1.98. The Kier molecular flexibility index (Phi) is 1.54. The predicted molar refractivity (Wildman–Crippen MR) is 29.6 cm³/mol. The van der Waals surface area contributed by atoms with E-state index >= 15 is 0 Å². The molecule has 0 heterocycles. The summed E-state index contributed by atoms with van der Waals surface area (Å²) in [6.45, 7) is 1.84. The zero-order chi connectivity index (χ0) is 6.15. The Morgan fingerprint density at radius 2 is 2.25 bits per heavy atom. The first kappa shape index (κ1) is 6.05. The minimum absolute atomic E-state index is 0.00926. The number of aliphatic hydroxyl groups is 2. The normalized spacial score (nSPS) is 40.9. The summed E-state index contributed by atoms with van der Waals surface area (Å²) in [4.78, 5) is 0. The van der Waals surface area contributed by atoms with Crippen molar-refractivity contribution in [2.24, 2.45) is 5.92 Å². The van der Waals surface area contributed by atoms with Crippen LogP contribution in [0.5, 0.6) is 0 Å². The smallest absolute Gasteiger partial charge is 0.0987 e. The minimum atomic E-state index is -0.296. The van der Waals surface area contributed by atoms with Gasteiger partial charge in [0.15, 0.2) is 0 Å². The lowest BCUT2D eigenvalue weighted by Gasteiger charge is -2.08. The van der Waals surface area contributed by atoms with Gasteiger partial charge in [0.2, 0.25) is 0 Å². The molecule has 0 spiro atoms. The molecule has 47 valence electrons. The fourth-order valence-electron chi connectivity index (χ4n) is 0.996. The highest BCUT2D eigenvalue weighted by atomic mass is 16.3. The molecule has 0 aliphatic heterocycles. The van der Waals surface area contributed by atoms with E-state index in [1.807, 2.05) is 6.92 Å². The molecule has 2 nitrogen and oxygen atoms in total. The molecular formula is C6H11O2. The van der Waals surface area contributed by atoms with E-state index in [0.29, 0.717) is 12.5 Å². The van der Waals surface area contributed by atoms with Gasteiger partial charge in [-0.05, 0) is 12.8 Å². The summed E-state index contributed by atoms with van der Waals surface area (Å²) in [6.07, 6.45) is 1.57. The lowest BCUT2D eigenvalue weighted by Crippen LogP contribution is -2.13. The van der Waals surface area contributed by atoms with Gasteiger partial charge < -0.3 is 10.2 Å². The summed E-state index contributed by atoms with van der Waals surface area (Å²) in [5, 5.41) is 17.9. The maximum absolute atomic E-state index is 8.99. The Balaban J connectivity index is 2.44. The van der Waals surface area contributed by atoms with Crippen LogP contribution >= 0.6 is 0 Å². The van der Waals surface area contributed by atoms with Crippen LogP contribution in [-0.2, 0) is 0 Å². The van der Waals surface area contributed by atoms with E-state index in [9.17, 15) is 0 Å². The number of rotatable bonds is 0. The summed E-state index contributed by atoms with van der Waals surface area (Å²) in [6, 6.07) is 0. The molecule has 1 fully saturated rings. The zero-order valence-corrected chi connectivity index (χ0v) is 4.96. The van der Waals surface area contributed by atoms with Crippen LogP contribution in [0.4, 0.5) is 0 Å². The van der Waals surface area contributed by atoms with Gasteiger partial charge in [-0.15, -0.1) is 0 Å². The van der Waals surface area contributed by atoms with Gasteiger partial charge in [-0.1, -0.05) is 6.92 Å². The van der Waals surface area contributed by atoms with Crippen LogP contribution in [0.3, 0.4) is 0 Å². The lowest BCUT2D eigenvalue weighted by molar-refractivity contribution is 0.122. The predicted octanol–water partition coefficient (Wildman–Crippen LogP) is 0.682. The van der Waals surface area contributed by atoms with E-state index in [-0.39, 0.29) is 12.0 Å². The Morgan fingerprint density at radius 1 is 1.62 bits per heavy atom. The van der Waals surface area contributed by atoms with Crippen molar-refractivity contribution in [2.75, 3.05) is 0 Å². The van der Waals surface area contributed by atoms with Gasteiger partial charge in [-0.25, -0.2) is 0 Å². The molecular weight excluding hydrogens is 104 g/mol. The van der Waals surface area contributed by atoms with Gasteiger partial charge in [0, 0.05) is 5.92 Å². The minimum Gasteiger partial charge on any atom is -0.393 e. The van der Waals surface area contributed by atoms with Crippen molar-refractivity contribution < 1.29 is 10.2 Å². The van der Waals surface area contributed by atoms with Crippen LogP contribution in [0.2, 0.25) is 0 Å². The fourth-order valence-corrected chi connectivity index (χ4v) is 0.996. The maximum Gasteiger partial charge on any atom is 0.0987 e. The van der Waals surface area contributed by atoms with Crippen molar-refractivity contribution in [3.63, 3.8) is 0 Å². The molecule has 1 aliphatic rings. The van der Waals surface area contributed by atoms with E-state index in [0.717, 1.165) is 6.42 Å². The fraction of sp³-hybridized carbons (Fsp3) is 0.833. The first-order chi connectivity index (χ1) is 3.72. The van der Waals surface area contributed by atoms with Gasteiger partial charge in [0.05, 0.1) is 12.2 Å². The summed E-state index contributed by atoms with van der Waals surface area (Å²) in [5.41, 5.74) is 0. The standard InChI is InChI=1S/C6H11O2/c1-4-5(7)2-3-6(4)8/h4-5,7-8H,2-3H2,1H3. The van der Waals surface area contributed by atoms with Crippen LogP contribution in [0, 0.1) is 12.0 Å². The summed E-state index contributed by atoms with van der Waals surface area (Å²) >= 11 is 0. The third kappa shape index (κ3) is 0.858. The molecule has 2 atom stereocenters. The number of hydrogen-bond donors (Lipinski definition) is 2. The van der Waals surface area contributed by atoms with E-state index < -0.39 is 0 Å². The molecule has 0 aromatic carbocycles. The van der Waals surface area contributed by atoms with E-state index in [4.69, 9.17) is 10.2 Å². The molecule has 0 amide bonds.